The Morgan fingerprint density at radius 1 is 1.07 bits per heavy atom. The second kappa shape index (κ2) is 9.50. The summed E-state index contributed by atoms with van der Waals surface area (Å²) in [5.41, 5.74) is 0.532. The van der Waals surface area contributed by atoms with Crippen LogP contribution in [0.15, 0.2) is 53.7 Å². The lowest BCUT2D eigenvalue weighted by atomic mass is 10.1. The molecule has 0 aliphatic heterocycles. The average Bonchev–Trinajstić information content (AvgIpc) is 3.70. The zero-order valence-electron chi connectivity index (χ0n) is 21.3. The number of halogens is 4. The van der Waals surface area contributed by atoms with Crippen molar-refractivity contribution in [3.8, 4) is 23.0 Å². The summed E-state index contributed by atoms with van der Waals surface area (Å²) < 4.78 is 62.1. The number of nitrogens with zero attached hydrogens (tertiary/aromatic N) is 7. The summed E-state index contributed by atoms with van der Waals surface area (Å²) >= 11 is 0. The second-order valence-electron chi connectivity index (χ2n) is 9.51. The summed E-state index contributed by atoms with van der Waals surface area (Å²) in [6.07, 6.45) is 0.308. The molecule has 1 aromatic carbocycles. The van der Waals surface area contributed by atoms with Crippen LogP contribution in [0.2, 0.25) is 0 Å². The van der Waals surface area contributed by atoms with Crippen molar-refractivity contribution in [3.05, 3.63) is 87.7 Å². The molecule has 0 radical (unpaired) electrons. The first kappa shape index (κ1) is 25.6. The number of rotatable bonds is 6. The Morgan fingerprint density at radius 2 is 1.88 bits per heavy atom. The van der Waals surface area contributed by atoms with E-state index >= 15 is 4.39 Å². The van der Waals surface area contributed by atoms with Gasteiger partial charge in [0.2, 0.25) is 5.88 Å². The van der Waals surface area contributed by atoms with E-state index in [1.165, 1.54) is 43.1 Å². The van der Waals surface area contributed by atoms with Gasteiger partial charge in [-0.2, -0.15) is 18.3 Å². The number of hydrogen-bond donors (Lipinski definition) is 0. The van der Waals surface area contributed by atoms with Gasteiger partial charge in [-0.05, 0) is 49.6 Å². The number of alkyl halides is 3. The number of pyridine rings is 1. The fourth-order valence-electron chi connectivity index (χ4n) is 4.62. The predicted molar refractivity (Wildman–Crippen MR) is 136 cm³/mol. The molecule has 9 nitrogen and oxygen atoms in total. The topological polar surface area (TPSA) is 101 Å². The molecule has 1 aliphatic carbocycles. The van der Waals surface area contributed by atoms with Crippen molar-refractivity contribution in [2.45, 2.75) is 38.4 Å². The van der Waals surface area contributed by atoms with E-state index in [4.69, 9.17) is 4.74 Å². The van der Waals surface area contributed by atoms with Crippen LogP contribution in [0.3, 0.4) is 0 Å². The first-order chi connectivity index (χ1) is 19.1. The normalized spacial score (nSPS) is 13.7. The highest BCUT2D eigenvalue weighted by atomic mass is 19.4. The van der Waals surface area contributed by atoms with E-state index < -0.39 is 17.7 Å². The third-order valence-corrected chi connectivity index (χ3v) is 6.70. The Balaban J connectivity index is 1.40. The van der Waals surface area contributed by atoms with Gasteiger partial charge < -0.3 is 4.74 Å². The smallest absolute Gasteiger partial charge is 0.435 e. The van der Waals surface area contributed by atoms with Crippen LogP contribution in [0.1, 0.15) is 41.4 Å². The largest absolute Gasteiger partial charge is 0.480 e. The molecule has 4 heterocycles. The first-order valence-corrected chi connectivity index (χ1v) is 12.3. The van der Waals surface area contributed by atoms with E-state index in [9.17, 15) is 18.0 Å². The van der Waals surface area contributed by atoms with Gasteiger partial charge in [0.15, 0.2) is 11.5 Å². The van der Waals surface area contributed by atoms with Crippen LogP contribution >= 0.6 is 0 Å². The van der Waals surface area contributed by atoms with Crippen molar-refractivity contribution in [1.29, 1.82) is 0 Å². The van der Waals surface area contributed by atoms with Crippen molar-refractivity contribution in [2.75, 3.05) is 7.11 Å². The molecule has 0 unspecified atom stereocenters. The van der Waals surface area contributed by atoms with Gasteiger partial charge in [0, 0.05) is 29.3 Å². The molecule has 1 fully saturated rings. The third-order valence-electron chi connectivity index (χ3n) is 6.70. The minimum Gasteiger partial charge on any atom is -0.480 e. The van der Waals surface area contributed by atoms with Gasteiger partial charge in [-0.3, -0.25) is 9.36 Å². The lowest BCUT2D eigenvalue weighted by molar-refractivity contribution is -0.141. The van der Waals surface area contributed by atoms with E-state index in [0.29, 0.717) is 33.9 Å². The summed E-state index contributed by atoms with van der Waals surface area (Å²) in [6.45, 7) is 1.36. The van der Waals surface area contributed by atoms with E-state index in [1.807, 2.05) is 0 Å². The molecule has 13 heteroatoms. The predicted octanol–water partition coefficient (Wildman–Crippen LogP) is 4.83. The van der Waals surface area contributed by atoms with E-state index in [0.717, 1.165) is 35.4 Å². The SMILES string of the molecule is COc1ncnc(C2CC2)c1-c1ncc2ccc(=O)n(Cc3ccc(-n4nc(C(F)(F)F)cc4C)c(F)c3)c2n1. The molecule has 1 aliphatic rings. The molecule has 40 heavy (non-hydrogen) atoms. The van der Waals surface area contributed by atoms with Crippen molar-refractivity contribution < 1.29 is 22.3 Å². The number of benzene rings is 1. The van der Waals surface area contributed by atoms with Gasteiger partial charge in [-0.1, -0.05) is 6.07 Å². The Bertz CT molecular complexity index is 1830. The highest BCUT2D eigenvalue weighted by Crippen LogP contribution is 2.44. The highest BCUT2D eigenvalue weighted by molar-refractivity contribution is 5.78. The van der Waals surface area contributed by atoms with Gasteiger partial charge in [0.05, 0.1) is 19.3 Å². The van der Waals surface area contributed by atoms with Gasteiger partial charge in [0.25, 0.3) is 5.56 Å². The maximum atomic E-state index is 15.2. The lowest BCUT2D eigenvalue weighted by Crippen LogP contribution is -2.21. The van der Waals surface area contributed by atoms with Crippen LogP contribution in [0.4, 0.5) is 17.6 Å². The highest BCUT2D eigenvalue weighted by Gasteiger charge is 2.35. The second-order valence-corrected chi connectivity index (χ2v) is 9.51. The Hall–Kier alpha value is -4.68. The summed E-state index contributed by atoms with van der Waals surface area (Å²) in [7, 11) is 1.49. The van der Waals surface area contributed by atoms with Crippen LogP contribution in [0, 0.1) is 12.7 Å². The zero-order chi connectivity index (χ0) is 28.2. The van der Waals surface area contributed by atoms with Gasteiger partial charge in [-0.25, -0.2) is 29.0 Å². The first-order valence-electron chi connectivity index (χ1n) is 12.3. The number of methoxy groups -OCH3 is 1. The van der Waals surface area contributed by atoms with Gasteiger partial charge >= 0.3 is 6.18 Å². The van der Waals surface area contributed by atoms with Crippen LogP contribution in [-0.2, 0) is 12.7 Å². The Labute approximate surface area is 224 Å². The minimum absolute atomic E-state index is 0.0480. The number of hydrogen-bond acceptors (Lipinski definition) is 7. The van der Waals surface area contributed by atoms with E-state index in [1.54, 1.807) is 12.3 Å². The fourth-order valence-corrected chi connectivity index (χ4v) is 4.62. The molecule has 0 N–H and O–H groups in total. The van der Waals surface area contributed by atoms with Gasteiger partial charge in [0.1, 0.15) is 29.0 Å². The number of fused-ring (bicyclic) bond motifs is 1. The summed E-state index contributed by atoms with van der Waals surface area (Å²) in [5, 5.41) is 4.10. The standard InChI is InChI=1S/C27H21F4N7O2/c1-14-9-20(27(29,30)31)36-38(14)19-7-3-15(10-18(19)28)12-37-21(39)8-6-17-11-32-24(35-25(17)37)22-23(16-4-5-16)33-13-34-26(22)40-2/h3,6-11,13,16H,4-5,12H2,1-2H3. The molecule has 4 aromatic heterocycles. The van der Waals surface area contributed by atoms with E-state index in [2.05, 4.69) is 25.0 Å². The summed E-state index contributed by atoms with van der Waals surface area (Å²) in [5.74, 6) is 0.0706. The minimum atomic E-state index is -4.65. The fraction of sp³-hybridized carbons (Fsp3) is 0.259. The molecule has 0 saturated heterocycles. The molecular weight excluding hydrogens is 530 g/mol. The van der Waals surface area contributed by atoms with Gasteiger partial charge in [-0.15, -0.1) is 0 Å². The van der Waals surface area contributed by atoms with Crippen LogP contribution in [-0.4, -0.2) is 41.4 Å². The summed E-state index contributed by atoms with van der Waals surface area (Å²) in [6, 6.07) is 7.83. The molecule has 5 aromatic rings. The lowest BCUT2D eigenvalue weighted by Gasteiger charge is -2.14. The van der Waals surface area contributed by atoms with Crippen LogP contribution < -0.4 is 10.3 Å². The third kappa shape index (κ3) is 4.56. The average molecular weight is 552 g/mol. The van der Waals surface area contributed by atoms with Crippen molar-refractivity contribution >= 4 is 11.0 Å². The molecule has 0 atom stereocenters. The Morgan fingerprint density at radius 3 is 2.55 bits per heavy atom. The van der Waals surface area contributed by atoms with Crippen molar-refractivity contribution in [2.24, 2.45) is 0 Å². The molecule has 1 saturated carbocycles. The van der Waals surface area contributed by atoms with E-state index in [-0.39, 0.29) is 29.4 Å². The maximum absolute atomic E-state index is 15.2. The zero-order valence-corrected chi connectivity index (χ0v) is 21.3. The molecular formula is C27H21F4N7O2. The van der Waals surface area contributed by atoms with Crippen molar-refractivity contribution in [3.63, 3.8) is 0 Å². The number of ether oxygens (including phenoxy) is 1. The monoisotopic (exact) mass is 551 g/mol. The Kier molecular flexibility index (Phi) is 6.08. The number of aromatic nitrogens is 7. The van der Waals surface area contributed by atoms with Crippen LogP contribution in [0.25, 0.3) is 28.1 Å². The van der Waals surface area contributed by atoms with Crippen LogP contribution in [0.5, 0.6) is 5.88 Å². The number of aryl methyl sites for hydroxylation is 1. The molecule has 0 spiro atoms. The molecule has 6 rings (SSSR count). The maximum Gasteiger partial charge on any atom is 0.435 e. The molecule has 204 valence electrons. The quantitative estimate of drug-likeness (QED) is 0.279. The summed E-state index contributed by atoms with van der Waals surface area (Å²) in [4.78, 5) is 30.7. The molecule has 0 bridgehead atoms. The molecule has 0 amide bonds. The van der Waals surface area contributed by atoms with Crippen molar-refractivity contribution in [1.82, 2.24) is 34.3 Å².